The predicted octanol–water partition coefficient (Wildman–Crippen LogP) is 5.91. The number of para-hydroxylation sites is 1. The van der Waals surface area contributed by atoms with E-state index in [0.29, 0.717) is 0 Å². The lowest BCUT2D eigenvalue weighted by molar-refractivity contribution is 0.763. The van der Waals surface area contributed by atoms with Gasteiger partial charge in [-0.25, -0.2) is 0 Å². The molecule has 21 heavy (non-hydrogen) atoms. The van der Waals surface area contributed by atoms with Crippen LogP contribution in [-0.2, 0) is 0 Å². The number of nitrogens with zero attached hydrogens (tertiary/aromatic N) is 1. The number of benzene rings is 1. The Labute approximate surface area is 132 Å². The van der Waals surface area contributed by atoms with E-state index in [0.717, 1.165) is 6.54 Å². The molecule has 110 valence electrons. The van der Waals surface area contributed by atoms with E-state index < -0.39 is 0 Å². The number of rotatable bonds is 2. The predicted molar refractivity (Wildman–Crippen MR) is 93.7 cm³/mol. The molecule has 0 amide bonds. The van der Waals surface area contributed by atoms with E-state index in [1.54, 1.807) is 5.57 Å². The van der Waals surface area contributed by atoms with E-state index in [1.807, 2.05) is 11.8 Å². The fourth-order valence-corrected chi connectivity index (χ4v) is 4.20. The van der Waals surface area contributed by atoms with Gasteiger partial charge in [0.25, 0.3) is 0 Å². The van der Waals surface area contributed by atoms with Crippen LogP contribution < -0.4 is 4.90 Å². The Balaban J connectivity index is 1.90. The van der Waals surface area contributed by atoms with Gasteiger partial charge in [0, 0.05) is 11.4 Å². The molecule has 1 heterocycles. The van der Waals surface area contributed by atoms with Crippen molar-refractivity contribution in [3.8, 4) is 0 Å². The summed E-state index contributed by atoms with van der Waals surface area (Å²) < 4.78 is 0. The lowest BCUT2D eigenvalue weighted by Crippen LogP contribution is -2.16. The molecular weight excluding hydrogens is 274 g/mol. The topological polar surface area (TPSA) is 3.24 Å². The summed E-state index contributed by atoms with van der Waals surface area (Å²) >= 11 is 1.89. The van der Waals surface area contributed by atoms with Crippen molar-refractivity contribution in [2.75, 3.05) is 11.4 Å². The van der Waals surface area contributed by atoms with Gasteiger partial charge < -0.3 is 4.90 Å². The molecule has 2 heteroatoms. The van der Waals surface area contributed by atoms with Crippen LogP contribution in [0.5, 0.6) is 0 Å². The highest BCUT2D eigenvalue weighted by Gasteiger charge is 2.22. The number of thioether (sulfide) groups is 1. The average molecular weight is 297 g/mol. The zero-order valence-electron chi connectivity index (χ0n) is 13.1. The summed E-state index contributed by atoms with van der Waals surface area (Å²) in [6, 6.07) is 8.68. The van der Waals surface area contributed by atoms with E-state index in [-0.39, 0.29) is 0 Å². The zero-order chi connectivity index (χ0) is 14.8. The van der Waals surface area contributed by atoms with Crippen LogP contribution in [0.15, 0.2) is 63.1 Å². The molecule has 0 spiro atoms. The van der Waals surface area contributed by atoms with Gasteiger partial charge in [-0.2, -0.15) is 0 Å². The normalized spacial score (nSPS) is 22.3. The molecule has 0 N–H and O–H groups in total. The first-order valence-electron chi connectivity index (χ1n) is 7.82. The minimum absolute atomic E-state index is 1.02. The van der Waals surface area contributed by atoms with E-state index in [2.05, 4.69) is 62.1 Å². The van der Waals surface area contributed by atoms with Crippen molar-refractivity contribution >= 4 is 17.4 Å². The molecule has 1 nitrogen and oxygen atoms in total. The van der Waals surface area contributed by atoms with Gasteiger partial charge in [-0.15, -0.1) is 0 Å². The monoisotopic (exact) mass is 297 g/mol. The molecule has 0 fully saturated rings. The van der Waals surface area contributed by atoms with Crippen molar-refractivity contribution in [3.05, 3.63) is 58.2 Å². The van der Waals surface area contributed by atoms with Crippen molar-refractivity contribution < 1.29 is 0 Å². The maximum atomic E-state index is 2.41. The summed E-state index contributed by atoms with van der Waals surface area (Å²) in [6.07, 6.45) is 8.43. The molecule has 0 aromatic heterocycles. The summed E-state index contributed by atoms with van der Waals surface area (Å²) in [4.78, 5) is 3.78. The lowest BCUT2D eigenvalue weighted by Gasteiger charge is -2.19. The van der Waals surface area contributed by atoms with E-state index in [4.69, 9.17) is 0 Å². The molecule has 0 saturated heterocycles. The van der Waals surface area contributed by atoms with Gasteiger partial charge in [0.1, 0.15) is 0 Å². The highest BCUT2D eigenvalue weighted by Crippen LogP contribution is 2.45. The summed E-state index contributed by atoms with van der Waals surface area (Å²) in [5.41, 5.74) is 5.92. The maximum Gasteiger partial charge on any atom is 0.0801 e. The second-order valence-electron chi connectivity index (χ2n) is 5.77. The van der Waals surface area contributed by atoms with Gasteiger partial charge in [-0.1, -0.05) is 35.5 Å². The Morgan fingerprint density at radius 1 is 1.14 bits per heavy atom. The molecule has 0 saturated carbocycles. The van der Waals surface area contributed by atoms with Gasteiger partial charge in [0.05, 0.1) is 10.7 Å². The third-order valence-electron chi connectivity index (χ3n) is 4.50. The van der Waals surface area contributed by atoms with Crippen molar-refractivity contribution in [2.24, 2.45) is 0 Å². The van der Waals surface area contributed by atoms with Crippen LogP contribution in [0.3, 0.4) is 0 Å². The number of hydrogen-bond acceptors (Lipinski definition) is 2. The van der Waals surface area contributed by atoms with Crippen LogP contribution in [-0.4, -0.2) is 6.54 Å². The summed E-state index contributed by atoms with van der Waals surface area (Å²) in [6.45, 7) is 7.79. The first kappa shape index (κ1) is 14.5. The van der Waals surface area contributed by atoms with Gasteiger partial charge in [0.15, 0.2) is 0 Å². The highest BCUT2D eigenvalue weighted by atomic mass is 32.2. The van der Waals surface area contributed by atoms with E-state index in [9.17, 15) is 0 Å². The first-order chi connectivity index (χ1) is 10.2. The van der Waals surface area contributed by atoms with Crippen LogP contribution >= 0.6 is 11.8 Å². The van der Waals surface area contributed by atoms with Crippen LogP contribution in [0.2, 0.25) is 0 Å². The molecule has 0 radical (unpaired) electrons. The Morgan fingerprint density at radius 3 is 2.76 bits per heavy atom. The maximum absolute atomic E-state index is 2.41. The molecule has 0 unspecified atom stereocenters. The van der Waals surface area contributed by atoms with Crippen LogP contribution in [0.4, 0.5) is 5.69 Å². The van der Waals surface area contributed by atoms with Gasteiger partial charge in [0.2, 0.25) is 0 Å². The van der Waals surface area contributed by atoms with Crippen molar-refractivity contribution in [2.45, 2.75) is 44.9 Å². The first-order valence-corrected chi connectivity index (χ1v) is 8.64. The molecule has 0 atom stereocenters. The third-order valence-corrected chi connectivity index (χ3v) is 5.63. The number of hydrogen-bond donors (Lipinski definition) is 0. The van der Waals surface area contributed by atoms with Crippen molar-refractivity contribution in [1.82, 2.24) is 0 Å². The van der Waals surface area contributed by atoms with E-state index in [1.165, 1.54) is 46.0 Å². The number of anilines is 1. The Bertz CT molecular complexity index is 637. The molecule has 1 aromatic carbocycles. The number of allylic oxidation sites excluding steroid dienone is 5. The highest BCUT2D eigenvalue weighted by molar-refractivity contribution is 8.03. The second-order valence-corrected chi connectivity index (χ2v) is 6.83. The SMILES string of the molecule is CCN1/C(=C\C=C2/CCCC(C)=C2C)Sc2ccccc21. The second kappa shape index (κ2) is 6.15. The van der Waals surface area contributed by atoms with Crippen LogP contribution in [0.25, 0.3) is 0 Å². The molecule has 0 bridgehead atoms. The number of fused-ring (bicyclic) bond motifs is 1. The standard InChI is InChI=1S/C19H23NS/c1-4-20-17-10-5-6-11-18(17)21-19(20)13-12-16-9-7-8-14(2)15(16)3/h5-6,10-13H,4,7-9H2,1-3H3/b16-12+,19-13+. The largest absolute Gasteiger partial charge is 0.335 e. The summed E-state index contributed by atoms with van der Waals surface area (Å²) in [5, 5.41) is 1.35. The molecule has 1 aliphatic heterocycles. The van der Waals surface area contributed by atoms with Gasteiger partial charge in [-0.05, 0) is 69.4 Å². The molecular formula is C19H23NS. The van der Waals surface area contributed by atoms with Gasteiger partial charge >= 0.3 is 0 Å². The van der Waals surface area contributed by atoms with Crippen molar-refractivity contribution in [1.29, 1.82) is 0 Å². The zero-order valence-corrected chi connectivity index (χ0v) is 14.0. The minimum atomic E-state index is 1.02. The van der Waals surface area contributed by atoms with E-state index >= 15 is 0 Å². The summed E-state index contributed by atoms with van der Waals surface area (Å²) in [7, 11) is 0. The van der Waals surface area contributed by atoms with Crippen molar-refractivity contribution in [3.63, 3.8) is 0 Å². The molecule has 2 aliphatic rings. The fourth-order valence-electron chi connectivity index (χ4n) is 3.08. The smallest absolute Gasteiger partial charge is 0.0801 e. The minimum Gasteiger partial charge on any atom is -0.335 e. The average Bonchev–Trinajstić information content (AvgIpc) is 2.86. The Kier molecular flexibility index (Phi) is 4.25. The quantitative estimate of drug-likeness (QED) is 0.668. The molecule has 3 rings (SSSR count). The van der Waals surface area contributed by atoms with Crippen LogP contribution in [0.1, 0.15) is 40.0 Å². The Hall–Kier alpha value is -1.41. The van der Waals surface area contributed by atoms with Gasteiger partial charge in [-0.3, -0.25) is 0 Å². The van der Waals surface area contributed by atoms with Crippen LogP contribution in [0, 0.1) is 0 Å². The summed E-state index contributed by atoms with van der Waals surface area (Å²) in [5.74, 6) is 0. The molecule has 1 aliphatic carbocycles. The Morgan fingerprint density at radius 2 is 1.95 bits per heavy atom. The fraction of sp³-hybridized carbons (Fsp3) is 0.368. The lowest BCUT2D eigenvalue weighted by atomic mass is 9.89. The third kappa shape index (κ3) is 2.82. The molecule has 1 aromatic rings.